The molecular weight excluding hydrogens is 333 g/mol. The van der Waals surface area contributed by atoms with E-state index in [0.717, 1.165) is 5.56 Å². The Bertz CT molecular complexity index is 776. The van der Waals surface area contributed by atoms with Crippen molar-refractivity contribution in [3.8, 4) is 5.75 Å². The fourth-order valence-corrected chi connectivity index (χ4v) is 3.26. The highest BCUT2D eigenvalue weighted by molar-refractivity contribution is 7.92. The lowest BCUT2D eigenvalue weighted by Gasteiger charge is -2.10. The van der Waals surface area contributed by atoms with Gasteiger partial charge in [0.05, 0.1) is 22.7 Å². The number of rotatable bonds is 4. The standard InChI is InChI=1S/C14H13Cl2NO3S/c1-9-3-5-11(8-12(9)15)21(18,19)17-10-4-6-14(20-2)13(16)7-10/h3-8,17H,1-2H3. The molecule has 0 unspecified atom stereocenters. The molecule has 0 saturated heterocycles. The number of benzene rings is 2. The lowest BCUT2D eigenvalue weighted by molar-refractivity contribution is 0.415. The van der Waals surface area contributed by atoms with Crippen LogP contribution >= 0.6 is 23.2 Å². The second kappa shape index (κ2) is 6.13. The maximum atomic E-state index is 12.3. The van der Waals surface area contributed by atoms with E-state index in [9.17, 15) is 8.42 Å². The Morgan fingerprint density at radius 2 is 1.76 bits per heavy atom. The monoisotopic (exact) mass is 345 g/mol. The first-order chi connectivity index (χ1) is 9.83. The van der Waals surface area contributed by atoms with E-state index < -0.39 is 10.0 Å². The van der Waals surface area contributed by atoms with Crippen molar-refractivity contribution in [3.63, 3.8) is 0 Å². The largest absolute Gasteiger partial charge is 0.495 e. The van der Waals surface area contributed by atoms with Crippen LogP contribution in [0.1, 0.15) is 5.56 Å². The molecule has 0 aromatic heterocycles. The summed E-state index contributed by atoms with van der Waals surface area (Å²) in [6.45, 7) is 1.80. The molecule has 0 fully saturated rings. The molecule has 112 valence electrons. The van der Waals surface area contributed by atoms with Gasteiger partial charge in [-0.1, -0.05) is 29.3 Å². The Balaban J connectivity index is 2.32. The highest BCUT2D eigenvalue weighted by Crippen LogP contribution is 2.29. The van der Waals surface area contributed by atoms with Gasteiger partial charge in [0.15, 0.2) is 0 Å². The van der Waals surface area contributed by atoms with Gasteiger partial charge in [-0.25, -0.2) is 8.42 Å². The van der Waals surface area contributed by atoms with Crippen LogP contribution in [0.5, 0.6) is 5.75 Å². The van der Waals surface area contributed by atoms with Crippen molar-refractivity contribution in [3.05, 3.63) is 52.0 Å². The Morgan fingerprint density at radius 1 is 1.05 bits per heavy atom. The van der Waals surface area contributed by atoms with Gasteiger partial charge in [-0.05, 0) is 42.8 Å². The average molecular weight is 346 g/mol. The molecule has 0 aliphatic carbocycles. The molecule has 0 heterocycles. The highest BCUT2D eigenvalue weighted by atomic mass is 35.5. The van der Waals surface area contributed by atoms with Crippen molar-refractivity contribution in [2.24, 2.45) is 0 Å². The third-order valence-corrected chi connectivity index (χ3v) is 4.94. The number of methoxy groups -OCH3 is 1. The van der Waals surface area contributed by atoms with Crippen LogP contribution in [0.2, 0.25) is 10.0 Å². The maximum Gasteiger partial charge on any atom is 0.261 e. The summed E-state index contributed by atoms with van der Waals surface area (Å²) in [6.07, 6.45) is 0. The summed E-state index contributed by atoms with van der Waals surface area (Å²) < 4.78 is 32.0. The zero-order valence-corrected chi connectivity index (χ0v) is 13.7. The molecule has 0 saturated carbocycles. The molecule has 0 amide bonds. The van der Waals surface area contributed by atoms with Gasteiger partial charge in [-0.2, -0.15) is 0 Å². The average Bonchev–Trinajstić information content (AvgIpc) is 2.41. The van der Waals surface area contributed by atoms with Crippen molar-refractivity contribution >= 4 is 38.9 Å². The van der Waals surface area contributed by atoms with Crippen LogP contribution in [0.25, 0.3) is 0 Å². The number of sulfonamides is 1. The molecule has 7 heteroatoms. The fraction of sp³-hybridized carbons (Fsp3) is 0.143. The molecule has 0 radical (unpaired) electrons. The van der Waals surface area contributed by atoms with E-state index in [2.05, 4.69) is 4.72 Å². The third-order valence-electron chi connectivity index (χ3n) is 2.86. The summed E-state index contributed by atoms with van der Waals surface area (Å²) in [5.41, 5.74) is 1.15. The van der Waals surface area contributed by atoms with E-state index in [1.807, 2.05) is 0 Å². The summed E-state index contributed by atoms with van der Waals surface area (Å²) in [4.78, 5) is 0.0880. The smallest absolute Gasteiger partial charge is 0.261 e. The summed E-state index contributed by atoms with van der Waals surface area (Å²) >= 11 is 11.9. The minimum absolute atomic E-state index is 0.0880. The van der Waals surface area contributed by atoms with Gasteiger partial charge in [-0.3, -0.25) is 4.72 Å². The van der Waals surface area contributed by atoms with E-state index in [-0.39, 0.29) is 4.90 Å². The molecule has 2 rings (SSSR count). The molecule has 2 aromatic rings. The summed E-state index contributed by atoms with van der Waals surface area (Å²) in [5.74, 6) is 0.470. The fourth-order valence-electron chi connectivity index (χ4n) is 1.68. The van der Waals surface area contributed by atoms with E-state index in [1.165, 1.54) is 25.3 Å². The van der Waals surface area contributed by atoms with Crippen LogP contribution in [0.15, 0.2) is 41.3 Å². The molecule has 0 bridgehead atoms. The van der Waals surface area contributed by atoms with Crippen LogP contribution in [-0.4, -0.2) is 15.5 Å². The molecule has 0 atom stereocenters. The van der Waals surface area contributed by atoms with Crippen LogP contribution < -0.4 is 9.46 Å². The minimum atomic E-state index is -3.72. The van der Waals surface area contributed by atoms with Crippen LogP contribution in [0.3, 0.4) is 0 Å². The topological polar surface area (TPSA) is 55.4 Å². The van der Waals surface area contributed by atoms with Crippen molar-refractivity contribution in [1.29, 1.82) is 0 Å². The molecular formula is C14H13Cl2NO3S. The van der Waals surface area contributed by atoms with Crippen molar-refractivity contribution in [1.82, 2.24) is 0 Å². The van der Waals surface area contributed by atoms with Gasteiger partial charge in [0.2, 0.25) is 0 Å². The molecule has 4 nitrogen and oxygen atoms in total. The Kier molecular flexibility index (Phi) is 4.66. The number of nitrogens with one attached hydrogen (secondary N) is 1. The SMILES string of the molecule is COc1ccc(NS(=O)(=O)c2ccc(C)c(Cl)c2)cc1Cl. The normalized spacial score (nSPS) is 11.2. The second-order valence-electron chi connectivity index (χ2n) is 4.37. The summed E-state index contributed by atoms with van der Waals surface area (Å²) in [5, 5.41) is 0.713. The van der Waals surface area contributed by atoms with Gasteiger partial charge in [0.25, 0.3) is 10.0 Å². The number of aryl methyl sites for hydroxylation is 1. The van der Waals surface area contributed by atoms with Gasteiger partial charge in [0.1, 0.15) is 5.75 Å². The maximum absolute atomic E-state index is 12.3. The highest BCUT2D eigenvalue weighted by Gasteiger charge is 2.16. The predicted octanol–water partition coefficient (Wildman–Crippen LogP) is 4.11. The molecule has 1 N–H and O–H groups in total. The number of hydrogen-bond donors (Lipinski definition) is 1. The van der Waals surface area contributed by atoms with E-state index in [0.29, 0.717) is 21.5 Å². The van der Waals surface area contributed by atoms with Gasteiger partial charge in [-0.15, -0.1) is 0 Å². The van der Waals surface area contributed by atoms with Gasteiger partial charge < -0.3 is 4.74 Å². The first-order valence-corrected chi connectivity index (χ1v) is 8.20. The van der Waals surface area contributed by atoms with Crippen molar-refractivity contribution < 1.29 is 13.2 Å². The number of halogens is 2. The van der Waals surface area contributed by atoms with Crippen LogP contribution in [0.4, 0.5) is 5.69 Å². The van der Waals surface area contributed by atoms with E-state index >= 15 is 0 Å². The second-order valence-corrected chi connectivity index (χ2v) is 6.86. The van der Waals surface area contributed by atoms with Crippen LogP contribution in [-0.2, 0) is 10.0 Å². The zero-order chi connectivity index (χ0) is 15.6. The van der Waals surface area contributed by atoms with Gasteiger partial charge >= 0.3 is 0 Å². The summed E-state index contributed by atoms with van der Waals surface area (Å²) in [6, 6.07) is 9.19. The number of hydrogen-bond acceptors (Lipinski definition) is 3. The zero-order valence-electron chi connectivity index (χ0n) is 11.4. The molecule has 0 aliphatic heterocycles. The lowest BCUT2D eigenvalue weighted by atomic mass is 10.2. The predicted molar refractivity (Wildman–Crippen MR) is 85.0 cm³/mol. The number of ether oxygens (including phenoxy) is 1. The van der Waals surface area contributed by atoms with Crippen molar-refractivity contribution in [2.75, 3.05) is 11.8 Å². The Hall–Kier alpha value is -1.43. The quantitative estimate of drug-likeness (QED) is 0.906. The van der Waals surface area contributed by atoms with E-state index in [1.54, 1.807) is 25.1 Å². The molecule has 0 aliphatic rings. The lowest BCUT2D eigenvalue weighted by Crippen LogP contribution is -2.13. The van der Waals surface area contributed by atoms with Crippen molar-refractivity contribution in [2.45, 2.75) is 11.8 Å². The summed E-state index contributed by atoms with van der Waals surface area (Å²) in [7, 11) is -2.24. The Morgan fingerprint density at radius 3 is 2.33 bits per heavy atom. The van der Waals surface area contributed by atoms with E-state index in [4.69, 9.17) is 27.9 Å². The van der Waals surface area contributed by atoms with Crippen LogP contribution in [0, 0.1) is 6.92 Å². The third kappa shape index (κ3) is 3.61. The first kappa shape index (κ1) is 15.9. The minimum Gasteiger partial charge on any atom is -0.495 e. The van der Waals surface area contributed by atoms with Gasteiger partial charge in [0, 0.05) is 5.02 Å². The molecule has 2 aromatic carbocycles. The molecule has 0 spiro atoms. The number of anilines is 1. The molecule has 21 heavy (non-hydrogen) atoms. The first-order valence-electron chi connectivity index (χ1n) is 5.96. The Labute approximate surface area is 133 Å².